The second-order valence-electron chi connectivity index (χ2n) is 10.0. The fourth-order valence-corrected chi connectivity index (χ4v) is 5.45. The van der Waals surface area contributed by atoms with E-state index in [4.69, 9.17) is 9.47 Å². The Hall–Kier alpha value is -2.70. The first-order chi connectivity index (χ1) is 17.5. The van der Waals surface area contributed by atoms with Gasteiger partial charge in [0.2, 0.25) is 0 Å². The third-order valence-corrected chi connectivity index (χ3v) is 7.54. The summed E-state index contributed by atoms with van der Waals surface area (Å²) in [6, 6.07) is 13.7. The molecule has 6 heteroatoms. The molecule has 0 radical (unpaired) electrons. The normalized spacial score (nSPS) is 18.6. The molecule has 1 N–H and O–H groups in total. The van der Waals surface area contributed by atoms with E-state index in [1.165, 1.54) is 11.1 Å². The number of nitrogens with zero attached hydrogens (tertiary/aromatic N) is 1. The fourth-order valence-electron chi connectivity index (χ4n) is 5.45. The van der Waals surface area contributed by atoms with Gasteiger partial charge in [-0.1, -0.05) is 31.2 Å². The number of carbonyl (C=O) groups is 2. The molecule has 6 nitrogen and oxygen atoms in total. The fraction of sp³-hybridized carbons (Fsp3) is 0.533. The van der Waals surface area contributed by atoms with Crippen LogP contribution in [0.4, 0.5) is 0 Å². The standard InChI is InChI=1S/C30H39NO5/c1-3-25-20-35-16-15-31(25)30(34)24-10-13-27(29(19-24)36-4-2)28(33)14-12-26(32)11-9-21-17-22-7-5-6-8-23(22)18-21/h5-8,10,13,19,21,25-26,32H,3-4,9,11-12,14-18,20H2,1-2H3/t25-,26-/m0/s1. The van der Waals surface area contributed by atoms with E-state index >= 15 is 0 Å². The predicted octanol–water partition coefficient (Wildman–Crippen LogP) is 4.86. The molecule has 0 aromatic heterocycles. The molecule has 194 valence electrons. The van der Waals surface area contributed by atoms with Crippen molar-refractivity contribution in [2.75, 3.05) is 26.4 Å². The van der Waals surface area contributed by atoms with Gasteiger partial charge in [0.15, 0.2) is 5.78 Å². The van der Waals surface area contributed by atoms with Gasteiger partial charge in [0.05, 0.1) is 37.5 Å². The molecule has 1 heterocycles. The van der Waals surface area contributed by atoms with E-state index in [2.05, 4.69) is 24.3 Å². The highest BCUT2D eigenvalue weighted by Crippen LogP contribution is 2.30. The lowest BCUT2D eigenvalue weighted by Gasteiger charge is -2.35. The summed E-state index contributed by atoms with van der Waals surface area (Å²) in [6.07, 6.45) is 4.83. The summed E-state index contributed by atoms with van der Waals surface area (Å²) in [4.78, 5) is 28.1. The van der Waals surface area contributed by atoms with E-state index in [1.54, 1.807) is 18.2 Å². The number of ketones is 1. The van der Waals surface area contributed by atoms with Gasteiger partial charge in [-0.25, -0.2) is 0 Å². The summed E-state index contributed by atoms with van der Waals surface area (Å²) in [7, 11) is 0. The number of benzene rings is 2. The zero-order valence-electron chi connectivity index (χ0n) is 21.6. The minimum Gasteiger partial charge on any atom is -0.493 e. The van der Waals surface area contributed by atoms with Crippen LogP contribution in [0.15, 0.2) is 42.5 Å². The first-order valence-electron chi connectivity index (χ1n) is 13.4. The van der Waals surface area contributed by atoms with E-state index in [0.29, 0.717) is 62.0 Å². The monoisotopic (exact) mass is 493 g/mol. The van der Waals surface area contributed by atoms with Crippen LogP contribution in [0.5, 0.6) is 5.75 Å². The van der Waals surface area contributed by atoms with Crippen molar-refractivity contribution in [2.24, 2.45) is 5.92 Å². The molecule has 0 spiro atoms. The third kappa shape index (κ3) is 6.34. The highest BCUT2D eigenvalue weighted by Gasteiger charge is 2.28. The molecule has 0 unspecified atom stereocenters. The van der Waals surface area contributed by atoms with Gasteiger partial charge in [-0.3, -0.25) is 9.59 Å². The topological polar surface area (TPSA) is 76.1 Å². The van der Waals surface area contributed by atoms with Crippen molar-refractivity contribution in [3.05, 3.63) is 64.7 Å². The summed E-state index contributed by atoms with van der Waals surface area (Å²) in [5.41, 5.74) is 3.85. The predicted molar refractivity (Wildman–Crippen MR) is 140 cm³/mol. The lowest BCUT2D eigenvalue weighted by molar-refractivity contribution is -0.00281. The minimum atomic E-state index is -0.499. The summed E-state index contributed by atoms with van der Waals surface area (Å²) >= 11 is 0. The van der Waals surface area contributed by atoms with Gasteiger partial charge in [-0.05, 0) is 80.7 Å². The lowest BCUT2D eigenvalue weighted by Crippen LogP contribution is -2.48. The highest BCUT2D eigenvalue weighted by molar-refractivity contribution is 6.01. The Morgan fingerprint density at radius 1 is 1.11 bits per heavy atom. The quantitative estimate of drug-likeness (QED) is 0.453. The summed E-state index contributed by atoms with van der Waals surface area (Å²) in [6.45, 7) is 5.96. The van der Waals surface area contributed by atoms with Crippen LogP contribution in [0.1, 0.15) is 77.8 Å². The number of morpholine rings is 1. The van der Waals surface area contributed by atoms with Gasteiger partial charge in [0.1, 0.15) is 5.75 Å². The van der Waals surface area contributed by atoms with E-state index in [0.717, 1.165) is 25.7 Å². The van der Waals surface area contributed by atoms with Gasteiger partial charge in [-0.15, -0.1) is 0 Å². The third-order valence-electron chi connectivity index (χ3n) is 7.54. The molecule has 2 aromatic rings. The van der Waals surface area contributed by atoms with E-state index in [9.17, 15) is 14.7 Å². The molecular weight excluding hydrogens is 454 g/mol. The van der Waals surface area contributed by atoms with Gasteiger partial charge in [0.25, 0.3) is 5.91 Å². The van der Waals surface area contributed by atoms with E-state index in [-0.39, 0.29) is 24.2 Å². The van der Waals surface area contributed by atoms with Gasteiger partial charge in [-0.2, -0.15) is 0 Å². The number of amides is 1. The average Bonchev–Trinajstić information content (AvgIpc) is 3.33. The molecule has 1 aliphatic carbocycles. The molecule has 36 heavy (non-hydrogen) atoms. The van der Waals surface area contributed by atoms with Crippen molar-refractivity contribution in [1.29, 1.82) is 0 Å². The number of hydrogen-bond acceptors (Lipinski definition) is 5. The largest absolute Gasteiger partial charge is 0.493 e. The molecule has 2 aromatic carbocycles. The number of fused-ring (bicyclic) bond motifs is 1. The van der Waals surface area contributed by atoms with Crippen molar-refractivity contribution >= 4 is 11.7 Å². The molecule has 0 saturated carbocycles. The second-order valence-corrected chi connectivity index (χ2v) is 10.0. The molecular formula is C30H39NO5. The number of aliphatic hydroxyl groups is 1. The van der Waals surface area contributed by atoms with Crippen molar-refractivity contribution in [2.45, 2.75) is 70.9 Å². The van der Waals surface area contributed by atoms with Crippen LogP contribution >= 0.6 is 0 Å². The van der Waals surface area contributed by atoms with E-state index < -0.39 is 6.10 Å². The zero-order chi connectivity index (χ0) is 25.5. The summed E-state index contributed by atoms with van der Waals surface area (Å²) in [5, 5.41) is 10.6. The average molecular weight is 494 g/mol. The SMILES string of the molecule is CCOc1cc(C(=O)N2CCOC[C@@H]2CC)ccc1C(=O)CC[C@@H](O)CCC1Cc2ccccc2C1. The van der Waals surface area contributed by atoms with Crippen LogP contribution in [0.3, 0.4) is 0 Å². The van der Waals surface area contributed by atoms with Crippen molar-refractivity contribution in [1.82, 2.24) is 4.90 Å². The maximum atomic E-state index is 13.2. The smallest absolute Gasteiger partial charge is 0.254 e. The number of carbonyl (C=O) groups excluding carboxylic acids is 2. The van der Waals surface area contributed by atoms with Crippen LogP contribution in [0.25, 0.3) is 0 Å². The number of ether oxygens (including phenoxy) is 2. The Bertz CT molecular complexity index is 1030. The molecule has 1 amide bonds. The van der Waals surface area contributed by atoms with Crippen LogP contribution < -0.4 is 4.74 Å². The zero-order valence-corrected chi connectivity index (χ0v) is 21.6. The Kier molecular flexibility index (Phi) is 9.16. The Balaban J connectivity index is 1.32. The van der Waals surface area contributed by atoms with Crippen molar-refractivity contribution in [3.63, 3.8) is 0 Å². The molecule has 0 bridgehead atoms. The van der Waals surface area contributed by atoms with Gasteiger partial charge in [0, 0.05) is 18.5 Å². The summed E-state index contributed by atoms with van der Waals surface area (Å²) in [5.74, 6) is 0.881. The second kappa shape index (κ2) is 12.5. The Morgan fingerprint density at radius 3 is 2.56 bits per heavy atom. The molecule has 1 fully saturated rings. The molecule has 1 aliphatic heterocycles. The first kappa shape index (κ1) is 26.4. The molecule has 2 atom stereocenters. The van der Waals surface area contributed by atoms with Crippen LogP contribution in [-0.4, -0.2) is 60.2 Å². The number of aliphatic hydroxyl groups excluding tert-OH is 1. The van der Waals surface area contributed by atoms with Crippen LogP contribution in [-0.2, 0) is 17.6 Å². The van der Waals surface area contributed by atoms with Crippen LogP contribution in [0.2, 0.25) is 0 Å². The maximum Gasteiger partial charge on any atom is 0.254 e. The van der Waals surface area contributed by atoms with Crippen LogP contribution in [0, 0.1) is 5.92 Å². The molecule has 1 saturated heterocycles. The number of Topliss-reactive ketones (excluding diaryl/α,β-unsaturated/α-hetero) is 1. The highest BCUT2D eigenvalue weighted by atomic mass is 16.5. The van der Waals surface area contributed by atoms with Crippen molar-refractivity contribution in [3.8, 4) is 5.75 Å². The number of rotatable bonds is 11. The Labute approximate surface area is 214 Å². The Morgan fingerprint density at radius 2 is 1.86 bits per heavy atom. The minimum absolute atomic E-state index is 0.0583. The number of hydrogen-bond donors (Lipinski definition) is 1. The maximum absolute atomic E-state index is 13.2. The van der Waals surface area contributed by atoms with E-state index in [1.807, 2.05) is 18.7 Å². The van der Waals surface area contributed by atoms with Gasteiger partial charge >= 0.3 is 0 Å². The lowest BCUT2D eigenvalue weighted by atomic mass is 9.95. The molecule has 2 aliphatic rings. The summed E-state index contributed by atoms with van der Waals surface area (Å²) < 4.78 is 11.3. The van der Waals surface area contributed by atoms with Crippen molar-refractivity contribution < 1.29 is 24.2 Å². The molecule has 4 rings (SSSR count). The van der Waals surface area contributed by atoms with Gasteiger partial charge < -0.3 is 19.5 Å². The first-order valence-corrected chi connectivity index (χ1v) is 13.4.